The van der Waals surface area contributed by atoms with Gasteiger partial charge in [-0.2, -0.15) is 0 Å². The molecule has 0 bridgehead atoms. The second kappa shape index (κ2) is 5.29. The first-order valence-electron chi connectivity index (χ1n) is 4.51. The van der Waals surface area contributed by atoms with Gasteiger partial charge in [0.2, 0.25) is 0 Å². The van der Waals surface area contributed by atoms with Crippen molar-refractivity contribution in [2.45, 2.75) is 0 Å². The molecule has 0 unspecified atom stereocenters. The van der Waals surface area contributed by atoms with E-state index in [1.807, 2.05) is 4.90 Å². The van der Waals surface area contributed by atoms with Crippen LogP contribution in [0.2, 0.25) is 0 Å². The minimum absolute atomic E-state index is 0.00810. The van der Waals surface area contributed by atoms with Crippen molar-refractivity contribution in [2.75, 3.05) is 45.7 Å². The van der Waals surface area contributed by atoms with Gasteiger partial charge in [0.25, 0.3) is 0 Å². The first kappa shape index (κ1) is 10.6. The van der Waals surface area contributed by atoms with Crippen molar-refractivity contribution in [3.05, 3.63) is 0 Å². The Labute approximate surface area is 83.8 Å². The third kappa shape index (κ3) is 3.40. The maximum Gasteiger partial charge on any atom is 0.317 e. The molecule has 5 heteroatoms. The zero-order valence-electron chi connectivity index (χ0n) is 7.92. The number of rotatable bonds is 2. The first-order chi connectivity index (χ1) is 6.24. The lowest BCUT2D eigenvalue weighted by molar-refractivity contribution is 0.155. The lowest BCUT2D eigenvalue weighted by Gasteiger charge is -2.32. The number of amides is 2. The number of nitrogens with one attached hydrogen (secondary N) is 1. The molecule has 0 aromatic heterocycles. The predicted molar refractivity (Wildman–Crippen MR) is 53.2 cm³/mol. The summed E-state index contributed by atoms with van der Waals surface area (Å²) in [7, 11) is 2.06. The molecular weight excluding hydrogens is 190 g/mol. The van der Waals surface area contributed by atoms with Gasteiger partial charge >= 0.3 is 6.03 Å². The highest BCUT2D eigenvalue weighted by Gasteiger charge is 2.17. The van der Waals surface area contributed by atoms with Crippen LogP contribution in [0.4, 0.5) is 4.79 Å². The molecule has 4 nitrogen and oxygen atoms in total. The third-order valence-electron chi connectivity index (χ3n) is 2.16. The zero-order chi connectivity index (χ0) is 9.68. The van der Waals surface area contributed by atoms with Crippen LogP contribution in [0.25, 0.3) is 0 Å². The Morgan fingerprint density at radius 3 is 2.54 bits per heavy atom. The van der Waals surface area contributed by atoms with Crippen LogP contribution in [0.15, 0.2) is 0 Å². The molecule has 1 heterocycles. The highest BCUT2D eigenvalue weighted by atomic mass is 35.5. The molecule has 0 radical (unpaired) electrons. The molecule has 1 N–H and O–H groups in total. The highest BCUT2D eigenvalue weighted by molar-refractivity contribution is 6.18. The van der Waals surface area contributed by atoms with Gasteiger partial charge in [-0.1, -0.05) is 0 Å². The maximum atomic E-state index is 11.4. The molecule has 1 aliphatic rings. The summed E-state index contributed by atoms with van der Waals surface area (Å²) in [5, 5.41) is 2.75. The fourth-order valence-electron chi connectivity index (χ4n) is 1.28. The summed E-state index contributed by atoms with van der Waals surface area (Å²) in [6, 6.07) is 0.00810. The van der Waals surface area contributed by atoms with E-state index in [0.717, 1.165) is 26.2 Å². The van der Waals surface area contributed by atoms with Gasteiger partial charge in [-0.25, -0.2) is 4.79 Å². The number of alkyl halides is 1. The highest BCUT2D eigenvalue weighted by Crippen LogP contribution is 1.98. The molecule has 0 atom stereocenters. The van der Waals surface area contributed by atoms with Gasteiger partial charge in [-0.05, 0) is 7.05 Å². The maximum absolute atomic E-state index is 11.4. The fraction of sp³-hybridized carbons (Fsp3) is 0.875. The van der Waals surface area contributed by atoms with Gasteiger partial charge in [0.15, 0.2) is 0 Å². The molecule has 0 aromatic rings. The number of halogens is 1. The van der Waals surface area contributed by atoms with E-state index in [1.165, 1.54) is 0 Å². The van der Waals surface area contributed by atoms with E-state index in [-0.39, 0.29) is 6.03 Å². The summed E-state index contributed by atoms with van der Waals surface area (Å²) >= 11 is 5.47. The van der Waals surface area contributed by atoms with Crippen LogP contribution < -0.4 is 5.32 Å². The largest absolute Gasteiger partial charge is 0.337 e. The van der Waals surface area contributed by atoms with Crippen LogP contribution in [0.5, 0.6) is 0 Å². The van der Waals surface area contributed by atoms with Crippen LogP contribution in [-0.4, -0.2) is 61.5 Å². The van der Waals surface area contributed by atoms with Crippen LogP contribution in [0, 0.1) is 0 Å². The van der Waals surface area contributed by atoms with Crippen molar-refractivity contribution in [2.24, 2.45) is 0 Å². The normalized spacial score (nSPS) is 18.8. The molecule has 0 saturated carbocycles. The Kier molecular flexibility index (Phi) is 4.32. The second-order valence-electron chi connectivity index (χ2n) is 3.21. The van der Waals surface area contributed by atoms with Crippen LogP contribution in [0.1, 0.15) is 0 Å². The third-order valence-corrected chi connectivity index (χ3v) is 2.35. The molecule has 2 amide bonds. The topological polar surface area (TPSA) is 35.6 Å². The molecule has 0 spiro atoms. The lowest BCUT2D eigenvalue weighted by Crippen LogP contribution is -2.50. The molecule has 0 aromatic carbocycles. The summed E-state index contributed by atoms with van der Waals surface area (Å²) in [4.78, 5) is 15.4. The molecule has 76 valence electrons. The number of carbonyl (C=O) groups is 1. The van der Waals surface area contributed by atoms with Crippen LogP contribution in [0.3, 0.4) is 0 Å². The summed E-state index contributed by atoms with van der Waals surface area (Å²) in [6.45, 7) is 4.07. The van der Waals surface area contributed by atoms with Crippen molar-refractivity contribution in [3.63, 3.8) is 0 Å². The number of urea groups is 1. The Bertz CT molecular complexity index is 169. The van der Waals surface area contributed by atoms with Gasteiger partial charge in [0.05, 0.1) is 0 Å². The minimum atomic E-state index is 0.00810. The van der Waals surface area contributed by atoms with E-state index in [4.69, 9.17) is 11.6 Å². The first-order valence-corrected chi connectivity index (χ1v) is 5.05. The minimum Gasteiger partial charge on any atom is -0.337 e. The van der Waals surface area contributed by atoms with Crippen molar-refractivity contribution >= 4 is 17.6 Å². The Hall–Kier alpha value is -0.480. The molecule has 0 aliphatic carbocycles. The SMILES string of the molecule is CN1CCN(C(=O)NCCCl)CC1. The average molecular weight is 206 g/mol. The molecule has 1 aliphatic heterocycles. The zero-order valence-corrected chi connectivity index (χ0v) is 8.68. The number of piperazine rings is 1. The number of hydrogen-bond donors (Lipinski definition) is 1. The van der Waals surface area contributed by atoms with Gasteiger partial charge in [-0.3, -0.25) is 0 Å². The van der Waals surface area contributed by atoms with Crippen molar-refractivity contribution in [3.8, 4) is 0 Å². The molecular formula is C8H16ClN3O. The predicted octanol–water partition coefficient (Wildman–Crippen LogP) is 0.182. The smallest absolute Gasteiger partial charge is 0.317 e. The Morgan fingerprint density at radius 1 is 1.38 bits per heavy atom. The standard InChI is InChI=1S/C8H16ClN3O/c1-11-4-6-12(7-5-11)8(13)10-3-2-9/h2-7H2,1H3,(H,10,13). The molecule has 1 rings (SSSR count). The lowest BCUT2D eigenvalue weighted by atomic mass is 10.3. The van der Waals surface area contributed by atoms with Gasteiger partial charge in [0.1, 0.15) is 0 Å². The summed E-state index contributed by atoms with van der Waals surface area (Å²) in [5.74, 6) is 0.472. The van der Waals surface area contributed by atoms with Gasteiger partial charge in [0, 0.05) is 38.6 Å². The van der Waals surface area contributed by atoms with Gasteiger partial charge < -0.3 is 15.1 Å². The Balaban J connectivity index is 2.23. The molecule has 13 heavy (non-hydrogen) atoms. The fourth-order valence-corrected chi connectivity index (χ4v) is 1.37. The summed E-state index contributed by atoms with van der Waals surface area (Å²) in [6.07, 6.45) is 0. The summed E-state index contributed by atoms with van der Waals surface area (Å²) < 4.78 is 0. The summed E-state index contributed by atoms with van der Waals surface area (Å²) in [5.41, 5.74) is 0. The average Bonchev–Trinajstić information content (AvgIpc) is 2.15. The van der Waals surface area contributed by atoms with Crippen molar-refractivity contribution in [1.82, 2.24) is 15.1 Å². The van der Waals surface area contributed by atoms with E-state index in [2.05, 4.69) is 17.3 Å². The molecule has 1 saturated heterocycles. The number of hydrogen-bond acceptors (Lipinski definition) is 2. The van der Waals surface area contributed by atoms with E-state index in [0.29, 0.717) is 12.4 Å². The van der Waals surface area contributed by atoms with E-state index < -0.39 is 0 Å². The van der Waals surface area contributed by atoms with E-state index in [1.54, 1.807) is 0 Å². The quantitative estimate of drug-likeness (QED) is 0.653. The van der Waals surface area contributed by atoms with Gasteiger partial charge in [-0.15, -0.1) is 11.6 Å². The van der Waals surface area contributed by atoms with Crippen LogP contribution in [-0.2, 0) is 0 Å². The number of carbonyl (C=O) groups excluding carboxylic acids is 1. The van der Waals surface area contributed by atoms with Crippen LogP contribution >= 0.6 is 11.6 Å². The Morgan fingerprint density at radius 2 is 2.00 bits per heavy atom. The second-order valence-corrected chi connectivity index (χ2v) is 3.59. The van der Waals surface area contributed by atoms with Crippen molar-refractivity contribution in [1.29, 1.82) is 0 Å². The molecule has 1 fully saturated rings. The van der Waals surface area contributed by atoms with Crippen molar-refractivity contribution < 1.29 is 4.79 Å². The number of nitrogens with zero attached hydrogens (tertiary/aromatic N) is 2. The monoisotopic (exact) mass is 205 g/mol. The van der Waals surface area contributed by atoms with E-state index >= 15 is 0 Å². The number of likely N-dealkylation sites (N-methyl/N-ethyl adjacent to an activating group) is 1. The van der Waals surface area contributed by atoms with E-state index in [9.17, 15) is 4.79 Å².